The number of piperidine rings is 1. The van der Waals surface area contributed by atoms with Crippen LogP contribution in [-0.4, -0.2) is 68.2 Å². The van der Waals surface area contributed by atoms with E-state index in [1.807, 2.05) is 0 Å². The number of carbonyl (C=O) groups is 1. The van der Waals surface area contributed by atoms with E-state index in [9.17, 15) is 22.0 Å². The number of alkyl halides is 2. The lowest BCUT2D eigenvalue weighted by Crippen LogP contribution is -2.44. The van der Waals surface area contributed by atoms with Gasteiger partial charge in [0.15, 0.2) is 5.82 Å². The Morgan fingerprint density at radius 1 is 1.04 bits per heavy atom. The fraction of sp³-hybridized carbons (Fsp3) is 0.344. The third-order valence-corrected chi connectivity index (χ3v) is 9.33. The largest absolute Gasteiger partial charge is 0.335 e. The zero-order valence-electron chi connectivity index (χ0n) is 24.3. The van der Waals surface area contributed by atoms with Gasteiger partial charge >= 0.3 is 0 Å². The van der Waals surface area contributed by atoms with Crippen molar-refractivity contribution in [1.82, 2.24) is 9.80 Å². The number of sulfonamides is 1. The van der Waals surface area contributed by atoms with Crippen molar-refractivity contribution in [1.29, 1.82) is 5.41 Å². The first-order valence-electron chi connectivity index (χ1n) is 14.5. The maximum atomic E-state index is 15.2. The highest BCUT2D eigenvalue weighted by atomic mass is 32.2. The summed E-state index contributed by atoms with van der Waals surface area (Å²) in [7, 11) is -3.81. The van der Waals surface area contributed by atoms with Crippen molar-refractivity contribution >= 4 is 33.5 Å². The molecule has 238 valence electrons. The van der Waals surface area contributed by atoms with Crippen LogP contribution in [-0.2, 0) is 21.4 Å². The minimum atomic E-state index is -3.81. The SMILES string of the molecule is N=CC(C(=O)N1CC(c2ccccc2)C(F)(F)C1)C(=Nc1ccc(F)cc1F)C1CCN(Cc2ccc(S(N)(=O)=O)cc2)CC1. The first kappa shape index (κ1) is 32.5. The second-order valence-electron chi connectivity index (χ2n) is 11.5. The predicted molar refractivity (Wildman–Crippen MR) is 162 cm³/mol. The van der Waals surface area contributed by atoms with E-state index in [2.05, 4.69) is 9.89 Å². The molecule has 2 aliphatic heterocycles. The van der Waals surface area contributed by atoms with Crippen LogP contribution >= 0.6 is 0 Å². The molecule has 3 N–H and O–H groups in total. The number of rotatable bonds is 9. The van der Waals surface area contributed by atoms with Gasteiger partial charge < -0.3 is 10.3 Å². The topological polar surface area (TPSA) is 120 Å². The number of nitrogens with zero attached hydrogens (tertiary/aromatic N) is 3. The van der Waals surface area contributed by atoms with E-state index in [1.54, 1.807) is 42.5 Å². The van der Waals surface area contributed by atoms with Gasteiger partial charge in [-0.25, -0.2) is 31.1 Å². The number of amides is 1. The molecule has 13 heteroatoms. The minimum absolute atomic E-state index is 0.00652. The van der Waals surface area contributed by atoms with Gasteiger partial charge in [0.05, 0.1) is 23.0 Å². The molecule has 8 nitrogen and oxygen atoms in total. The molecule has 5 rings (SSSR count). The zero-order valence-corrected chi connectivity index (χ0v) is 25.1. The number of primary sulfonamides is 1. The molecule has 0 radical (unpaired) electrons. The highest BCUT2D eigenvalue weighted by Gasteiger charge is 2.51. The number of benzene rings is 3. The fourth-order valence-electron chi connectivity index (χ4n) is 6.02. The van der Waals surface area contributed by atoms with Crippen LogP contribution in [0.2, 0.25) is 0 Å². The lowest BCUT2D eigenvalue weighted by atomic mass is 9.84. The summed E-state index contributed by atoms with van der Waals surface area (Å²) in [5.74, 6) is -8.58. The molecular formula is C32H33F4N5O3S. The van der Waals surface area contributed by atoms with Crippen LogP contribution in [0.3, 0.4) is 0 Å². The van der Waals surface area contributed by atoms with E-state index in [0.29, 0.717) is 44.1 Å². The molecule has 2 saturated heterocycles. The third-order valence-electron chi connectivity index (χ3n) is 8.40. The summed E-state index contributed by atoms with van der Waals surface area (Å²) >= 11 is 0. The van der Waals surface area contributed by atoms with E-state index < -0.39 is 51.9 Å². The standard InChI is InChI=1S/C32H33F4N5O3S/c33-24-8-11-29(28(34)16-24)39-30(23-12-14-40(15-13-23)18-21-6-9-25(10-7-21)45(38,43)44)26(17-37)31(42)41-19-27(32(35,36)20-41)22-4-2-1-3-5-22/h1-11,16-17,23,26-27,37H,12-15,18-20H2,(H2,38,43,44). The molecule has 2 atom stereocenters. The molecule has 0 bridgehead atoms. The minimum Gasteiger partial charge on any atom is -0.335 e. The number of halogens is 4. The Labute approximate surface area is 259 Å². The predicted octanol–water partition coefficient (Wildman–Crippen LogP) is 5.12. The molecule has 3 aromatic rings. The Morgan fingerprint density at radius 2 is 1.71 bits per heavy atom. The van der Waals surface area contributed by atoms with Gasteiger partial charge in [-0.3, -0.25) is 14.7 Å². The molecule has 0 aliphatic carbocycles. The number of nitrogens with two attached hydrogens (primary N) is 1. The van der Waals surface area contributed by atoms with Gasteiger partial charge in [-0.15, -0.1) is 0 Å². The number of nitrogens with one attached hydrogen (secondary N) is 1. The molecule has 0 aromatic heterocycles. The van der Waals surface area contributed by atoms with E-state index in [1.165, 1.54) is 12.1 Å². The van der Waals surface area contributed by atoms with E-state index in [0.717, 1.165) is 28.8 Å². The first-order valence-corrected chi connectivity index (χ1v) is 16.0. The van der Waals surface area contributed by atoms with Crippen molar-refractivity contribution in [2.75, 3.05) is 26.2 Å². The van der Waals surface area contributed by atoms with E-state index in [-0.39, 0.29) is 28.8 Å². The monoisotopic (exact) mass is 643 g/mol. The normalized spacial score (nSPS) is 20.2. The van der Waals surface area contributed by atoms with Crippen LogP contribution in [0.25, 0.3) is 0 Å². The second kappa shape index (κ2) is 13.2. The highest BCUT2D eigenvalue weighted by Crippen LogP contribution is 2.41. The number of likely N-dealkylation sites (tertiary alicyclic amines) is 2. The summed E-state index contributed by atoms with van der Waals surface area (Å²) in [4.78, 5) is 21.4. The third kappa shape index (κ3) is 7.48. The Hall–Kier alpha value is -3.94. The Morgan fingerprint density at radius 3 is 2.31 bits per heavy atom. The maximum Gasteiger partial charge on any atom is 0.273 e. The Bertz CT molecular complexity index is 1680. The van der Waals surface area contributed by atoms with E-state index >= 15 is 8.78 Å². The Kier molecular flexibility index (Phi) is 9.52. The van der Waals surface area contributed by atoms with Crippen LogP contribution in [0.15, 0.2) is 82.7 Å². The molecule has 0 saturated carbocycles. The molecular weight excluding hydrogens is 610 g/mol. The number of aliphatic imine (C=N–C) groups is 1. The smallest absolute Gasteiger partial charge is 0.273 e. The van der Waals surface area contributed by atoms with Crippen LogP contribution in [0.1, 0.15) is 29.9 Å². The van der Waals surface area contributed by atoms with Crippen molar-refractivity contribution in [3.8, 4) is 0 Å². The number of hydrogen-bond donors (Lipinski definition) is 2. The summed E-state index contributed by atoms with van der Waals surface area (Å²) in [6.07, 6.45) is 1.80. The van der Waals surface area contributed by atoms with E-state index in [4.69, 9.17) is 10.5 Å². The van der Waals surface area contributed by atoms with Gasteiger partial charge in [0, 0.05) is 37.0 Å². The average molecular weight is 644 g/mol. The quantitative estimate of drug-likeness (QED) is 0.248. The first-order chi connectivity index (χ1) is 21.4. The highest BCUT2D eigenvalue weighted by molar-refractivity contribution is 7.89. The van der Waals surface area contributed by atoms with Crippen LogP contribution in [0.5, 0.6) is 0 Å². The molecule has 45 heavy (non-hydrogen) atoms. The lowest BCUT2D eigenvalue weighted by Gasteiger charge is -2.34. The number of carbonyl (C=O) groups excluding carboxylic acids is 1. The number of hydrogen-bond acceptors (Lipinski definition) is 6. The van der Waals surface area contributed by atoms with Crippen LogP contribution in [0.4, 0.5) is 23.2 Å². The molecule has 0 spiro atoms. The van der Waals surface area contributed by atoms with Crippen molar-refractivity contribution in [3.63, 3.8) is 0 Å². The summed E-state index contributed by atoms with van der Waals surface area (Å²) in [5.41, 5.74) is 1.22. The summed E-state index contributed by atoms with van der Waals surface area (Å²) < 4.78 is 81.8. The van der Waals surface area contributed by atoms with Crippen molar-refractivity contribution in [3.05, 3.63) is 95.6 Å². The second-order valence-corrected chi connectivity index (χ2v) is 13.0. The molecule has 2 fully saturated rings. The maximum absolute atomic E-state index is 15.2. The average Bonchev–Trinajstić information content (AvgIpc) is 3.33. The fourth-order valence-corrected chi connectivity index (χ4v) is 6.54. The van der Waals surface area contributed by atoms with Crippen molar-refractivity contribution < 1.29 is 30.8 Å². The summed E-state index contributed by atoms with van der Waals surface area (Å²) in [5, 5.41) is 13.3. The zero-order chi connectivity index (χ0) is 32.4. The molecule has 2 heterocycles. The molecule has 1 amide bonds. The molecule has 3 aromatic carbocycles. The van der Waals surface area contributed by atoms with Gasteiger partial charge in [0.25, 0.3) is 5.92 Å². The van der Waals surface area contributed by atoms with Gasteiger partial charge in [0.1, 0.15) is 11.7 Å². The van der Waals surface area contributed by atoms with Gasteiger partial charge in [0.2, 0.25) is 15.9 Å². The van der Waals surface area contributed by atoms with Crippen LogP contribution in [0, 0.1) is 28.9 Å². The van der Waals surface area contributed by atoms with Crippen LogP contribution < -0.4 is 5.14 Å². The van der Waals surface area contributed by atoms with Crippen molar-refractivity contribution in [2.24, 2.45) is 22.0 Å². The van der Waals surface area contributed by atoms with Gasteiger partial charge in [-0.2, -0.15) is 0 Å². The van der Waals surface area contributed by atoms with Crippen molar-refractivity contribution in [2.45, 2.75) is 36.1 Å². The van der Waals surface area contributed by atoms with Gasteiger partial charge in [-0.1, -0.05) is 42.5 Å². The Balaban J connectivity index is 1.37. The van der Waals surface area contributed by atoms with Gasteiger partial charge in [-0.05, 0) is 61.3 Å². The molecule has 2 unspecified atom stereocenters. The molecule has 2 aliphatic rings. The summed E-state index contributed by atoms with van der Waals surface area (Å²) in [6, 6.07) is 17.3. The lowest BCUT2D eigenvalue weighted by molar-refractivity contribution is -0.132. The summed E-state index contributed by atoms with van der Waals surface area (Å²) in [6.45, 7) is 0.498.